The number of rotatable bonds is 5. The van der Waals surface area contributed by atoms with Crippen molar-refractivity contribution in [2.45, 2.75) is 12.8 Å². The van der Waals surface area contributed by atoms with Crippen molar-refractivity contribution in [3.8, 4) is 11.8 Å². The summed E-state index contributed by atoms with van der Waals surface area (Å²) in [6, 6.07) is 5.92. The molecule has 0 radical (unpaired) electrons. The maximum atomic E-state index is 13.2. The highest BCUT2D eigenvalue weighted by atomic mass is 19.1. The summed E-state index contributed by atoms with van der Waals surface area (Å²) in [4.78, 5) is 0. The second kappa shape index (κ2) is 5.99. The number of nitrogens with zero attached hydrogens (tertiary/aromatic N) is 1. The molecule has 0 unspecified atom stereocenters. The molecule has 4 heteroatoms. The van der Waals surface area contributed by atoms with Gasteiger partial charge in [0, 0.05) is 6.61 Å². The van der Waals surface area contributed by atoms with E-state index in [9.17, 15) is 4.39 Å². The third-order valence-electron chi connectivity index (χ3n) is 1.87. The highest BCUT2D eigenvalue weighted by Gasteiger charge is 2.03. The topological polar surface area (TPSA) is 53.2 Å². The van der Waals surface area contributed by atoms with Gasteiger partial charge in [0.1, 0.15) is 0 Å². The van der Waals surface area contributed by atoms with Gasteiger partial charge in [0.15, 0.2) is 11.6 Å². The quantitative estimate of drug-likeness (QED) is 0.753. The van der Waals surface area contributed by atoms with E-state index in [1.54, 1.807) is 0 Å². The van der Waals surface area contributed by atoms with E-state index in [2.05, 4.69) is 0 Å². The molecule has 0 spiro atoms. The fraction of sp³-hybridized carbons (Fsp3) is 0.364. The van der Waals surface area contributed by atoms with Gasteiger partial charge < -0.3 is 9.84 Å². The molecule has 80 valence electrons. The lowest BCUT2D eigenvalue weighted by atomic mass is 10.2. The lowest BCUT2D eigenvalue weighted by molar-refractivity contribution is 0.248. The van der Waals surface area contributed by atoms with Crippen molar-refractivity contribution in [1.82, 2.24) is 0 Å². The number of aliphatic hydroxyl groups excluding tert-OH is 1. The van der Waals surface area contributed by atoms with Crippen LogP contribution >= 0.6 is 0 Å². The Labute approximate surface area is 87.7 Å². The summed E-state index contributed by atoms with van der Waals surface area (Å²) in [5.74, 6) is -0.384. The Balaban J connectivity index is 2.52. The van der Waals surface area contributed by atoms with Gasteiger partial charge in [-0.25, -0.2) is 4.39 Å². The molecule has 15 heavy (non-hydrogen) atoms. The van der Waals surface area contributed by atoms with E-state index >= 15 is 0 Å². The van der Waals surface area contributed by atoms with E-state index < -0.39 is 5.82 Å². The van der Waals surface area contributed by atoms with Crippen molar-refractivity contribution >= 4 is 0 Å². The number of unbranched alkanes of at least 4 members (excludes halogenated alkanes) is 1. The highest BCUT2D eigenvalue weighted by Crippen LogP contribution is 2.18. The Morgan fingerprint density at radius 1 is 1.40 bits per heavy atom. The van der Waals surface area contributed by atoms with Crippen molar-refractivity contribution in [3.05, 3.63) is 29.6 Å². The summed E-state index contributed by atoms with van der Waals surface area (Å²) in [5.41, 5.74) is 0.273. The number of ether oxygens (including phenoxy) is 1. The van der Waals surface area contributed by atoms with E-state index in [4.69, 9.17) is 15.1 Å². The summed E-state index contributed by atoms with van der Waals surface area (Å²) >= 11 is 0. The number of halogens is 1. The lowest BCUT2D eigenvalue weighted by Crippen LogP contribution is -2.00. The molecule has 0 amide bonds. The molecule has 0 saturated heterocycles. The average Bonchev–Trinajstić information content (AvgIpc) is 2.26. The second-order valence-corrected chi connectivity index (χ2v) is 3.04. The molecule has 0 aliphatic rings. The van der Waals surface area contributed by atoms with Gasteiger partial charge in [-0.1, -0.05) is 0 Å². The zero-order valence-electron chi connectivity index (χ0n) is 8.24. The first-order chi connectivity index (χ1) is 7.27. The molecule has 0 atom stereocenters. The fourth-order valence-electron chi connectivity index (χ4n) is 1.08. The van der Waals surface area contributed by atoms with Crippen LogP contribution < -0.4 is 4.74 Å². The van der Waals surface area contributed by atoms with E-state index in [0.29, 0.717) is 19.4 Å². The predicted molar refractivity (Wildman–Crippen MR) is 52.9 cm³/mol. The molecule has 1 rings (SSSR count). The Kier molecular flexibility index (Phi) is 4.58. The van der Waals surface area contributed by atoms with Gasteiger partial charge >= 0.3 is 0 Å². The Morgan fingerprint density at radius 3 is 2.80 bits per heavy atom. The van der Waals surface area contributed by atoms with Crippen LogP contribution in [0.15, 0.2) is 18.2 Å². The van der Waals surface area contributed by atoms with Crippen molar-refractivity contribution in [3.63, 3.8) is 0 Å². The third-order valence-corrected chi connectivity index (χ3v) is 1.87. The first-order valence-corrected chi connectivity index (χ1v) is 4.71. The van der Waals surface area contributed by atoms with Crippen molar-refractivity contribution in [2.75, 3.05) is 13.2 Å². The monoisotopic (exact) mass is 209 g/mol. The SMILES string of the molecule is N#Cc1ccc(OCCCCO)c(F)c1. The molecule has 1 N–H and O–H groups in total. The second-order valence-electron chi connectivity index (χ2n) is 3.04. The molecule has 1 aromatic rings. The van der Waals surface area contributed by atoms with Crippen LogP contribution in [-0.2, 0) is 0 Å². The first-order valence-electron chi connectivity index (χ1n) is 4.71. The molecule has 0 bridgehead atoms. The molecule has 0 heterocycles. The number of benzene rings is 1. The van der Waals surface area contributed by atoms with Crippen LogP contribution in [0.5, 0.6) is 5.75 Å². The molecule has 0 aliphatic carbocycles. The molecule has 1 aromatic carbocycles. The summed E-state index contributed by atoms with van der Waals surface area (Å²) in [6.45, 7) is 0.475. The molecule has 0 saturated carbocycles. The zero-order chi connectivity index (χ0) is 11.1. The van der Waals surface area contributed by atoms with Crippen molar-refractivity contribution < 1.29 is 14.2 Å². The van der Waals surface area contributed by atoms with Crippen molar-refractivity contribution in [2.24, 2.45) is 0 Å². The van der Waals surface area contributed by atoms with Gasteiger partial charge in [0.2, 0.25) is 0 Å². The molecular formula is C11H12FNO2. The van der Waals surface area contributed by atoms with E-state index in [-0.39, 0.29) is 17.9 Å². The minimum absolute atomic E-state index is 0.110. The van der Waals surface area contributed by atoms with Gasteiger partial charge in [0.25, 0.3) is 0 Å². The van der Waals surface area contributed by atoms with E-state index in [1.807, 2.05) is 6.07 Å². The maximum absolute atomic E-state index is 13.2. The standard InChI is InChI=1S/C11H12FNO2/c12-10-7-9(8-13)3-4-11(10)15-6-2-1-5-14/h3-4,7,14H,1-2,5-6H2. The fourth-order valence-corrected chi connectivity index (χ4v) is 1.08. The molecule has 3 nitrogen and oxygen atoms in total. The minimum atomic E-state index is -0.530. The lowest BCUT2D eigenvalue weighted by Gasteiger charge is -2.06. The van der Waals surface area contributed by atoms with Gasteiger partial charge in [-0.2, -0.15) is 5.26 Å². The van der Waals surface area contributed by atoms with Crippen molar-refractivity contribution in [1.29, 1.82) is 5.26 Å². The van der Waals surface area contributed by atoms with Crippen LogP contribution in [0.3, 0.4) is 0 Å². The van der Waals surface area contributed by atoms with Gasteiger partial charge in [-0.05, 0) is 31.0 Å². The predicted octanol–water partition coefficient (Wildman–Crippen LogP) is 1.85. The summed E-state index contributed by atoms with van der Waals surface area (Å²) in [5, 5.41) is 17.0. The number of nitriles is 1. The molecular weight excluding hydrogens is 197 g/mol. The normalized spacial score (nSPS) is 9.67. The van der Waals surface area contributed by atoms with E-state index in [1.165, 1.54) is 12.1 Å². The van der Waals surface area contributed by atoms with Crippen LogP contribution in [0.2, 0.25) is 0 Å². The summed E-state index contributed by atoms with van der Waals surface area (Å²) < 4.78 is 18.4. The molecule has 0 aliphatic heterocycles. The first kappa shape index (κ1) is 11.5. The smallest absolute Gasteiger partial charge is 0.166 e. The summed E-state index contributed by atoms with van der Waals surface area (Å²) in [7, 11) is 0. The zero-order valence-corrected chi connectivity index (χ0v) is 8.24. The third kappa shape index (κ3) is 3.56. The average molecular weight is 209 g/mol. The van der Waals surface area contributed by atoms with Crippen LogP contribution in [0.1, 0.15) is 18.4 Å². The number of hydrogen-bond donors (Lipinski definition) is 1. The van der Waals surface area contributed by atoms with Gasteiger partial charge in [0.05, 0.1) is 18.2 Å². The number of aliphatic hydroxyl groups is 1. The Bertz CT molecular complexity index is 360. The van der Waals surface area contributed by atoms with Crippen LogP contribution in [0.25, 0.3) is 0 Å². The molecule has 0 fully saturated rings. The number of hydrogen-bond acceptors (Lipinski definition) is 3. The largest absolute Gasteiger partial charge is 0.491 e. The van der Waals surface area contributed by atoms with Crippen LogP contribution in [0, 0.1) is 17.1 Å². The van der Waals surface area contributed by atoms with E-state index in [0.717, 1.165) is 6.07 Å². The highest BCUT2D eigenvalue weighted by molar-refractivity contribution is 5.35. The molecule has 0 aromatic heterocycles. The van der Waals surface area contributed by atoms with Gasteiger partial charge in [-0.15, -0.1) is 0 Å². The van der Waals surface area contributed by atoms with Gasteiger partial charge in [-0.3, -0.25) is 0 Å². The summed E-state index contributed by atoms with van der Waals surface area (Å²) in [6.07, 6.45) is 1.31. The van der Waals surface area contributed by atoms with Crippen LogP contribution in [0.4, 0.5) is 4.39 Å². The minimum Gasteiger partial charge on any atom is -0.491 e. The Morgan fingerprint density at radius 2 is 2.20 bits per heavy atom. The maximum Gasteiger partial charge on any atom is 0.166 e. The van der Waals surface area contributed by atoms with Crippen LogP contribution in [-0.4, -0.2) is 18.3 Å². The Hall–Kier alpha value is -1.60.